The van der Waals surface area contributed by atoms with Gasteiger partial charge < -0.3 is 43.2 Å². The molecule has 0 spiro atoms. The number of primary amides is 2. The fourth-order valence-electron chi connectivity index (χ4n) is 6.41. The van der Waals surface area contributed by atoms with Gasteiger partial charge >= 0.3 is 29.6 Å². The zero-order valence-corrected chi connectivity index (χ0v) is 38.4. The van der Waals surface area contributed by atoms with Gasteiger partial charge in [-0.25, -0.2) is 0 Å². The van der Waals surface area contributed by atoms with Gasteiger partial charge in [-0.15, -0.1) is 22.7 Å². The Balaban J connectivity index is 0. The van der Waals surface area contributed by atoms with Crippen molar-refractivity contribution < 1.29 is 74.6 Å². The van der Waals surface area contributed by atoms with E-state index >= 15 is 0 Å². The van der Waals surface area contributed by atoms with E-state index in [2.05, 4.69) is 10.6 Å². The molecular weight excluding hydrogens is 742 g/mol. The standard InChI is InChI=1S/C18H28N2O4S.C18H26N2O4S.CH4O.B.Na.H/c2*1-16(2,3)11(21)14(23)20-15-10(13(19)22)9-8-17(4,5)24-18(6,7)12(9)25-15;1-2;;;/h11,21H,8H2,1-7H3,(H2,19,22)(H,20,23);8H2,1-7H3,(H2,19,22)(H,20,23);2H,1H3;;;/q;;;;+1;-1. The number of ether oxygens (including phenoxy) is 2. The van der Waals surface area contributed by atoms with E-state index in [0.717, 1.165) is 28.0 Å². The summed E-state index contributed by atoms with van der Waals surface area (Å²) >= 11 is 2.53. The fraction of sp³-hybridized carbons (Fsp3) is 0.649. The average Bonchev–Trinajstić information content (AvgIpc) is 3.49. The topological polar surface area (TPSA) is 220 Å². The zero-order valence-electron chi connectivity index (χ0n) is 35.8. The summed E-state index contributed by atoms with van der Waals surface area (Å²) in [6.45, 7) is 25.8. The van der Waals surface area contributed by atoms with E-state index in [0.29, 0.717) is 28.4 Å². The molecule has 1 atom stereocenters. The van der Waals surface area contributed by atoms with Crippen LogP contribution in [0.4, 0.5) is 10.0 Å². The van der Waals surface area contributed by atoms with Crippen molar-refractivity contribution in [3.63, 3.8) is 0 Å². The molecule has 3 radical (unpaired) electrons. The summed E-state index contributed by atoms with van der Waals surface area (Å²) < 4.78 is 12.3. The number of hydrogen-bond acceptors (Lipinski definition) is 11. The van der Waals surface area contributed by atoms with Crippen molar-refractivity contribution in [1.82, 2.24) is 0 Å². The maximum Gasteiger partial charge on any atom is 1.00 e. The van der Waals surface area contributed by atoms with Gasteiger partial charge in [0, 0.05) is 43.5 Å². The molecular formula is C37H59BN4NaO9S2. The molecule has 1 unspecified atom stereocenters. The van der Waals surface area contributed by atoms with Crippen LogP contribution in [0.5, 0.6) is 0 Å². The molecule has 0 aliphatic carbocycles. The van der Waals surface area contributed by atoms with Gasteiger partial charge in [0.1, 0.15) is 16.1 Å². The summed E-state index contributed by atoms with van der Waals surface area (Å²) in [5, 5.41) is 23.2. The smallest absolute Gasteiger partial charge is 1.00 e. The van der Waals surface area contributed by atoms with Crippen LogP contribution in [0.15, 0.2) is 0 Å². The molecule has 0 bridgehead atoms. The molecule has 2 aromatic rings. The molecule has 17 heteroatoms. The molecule has 0 saturated carbocycles. The predicted molar refractivity (Wildman–Crippen MR) is 212 cm³/mol. The second-order valence-electron chi connectivity index (χ2n) is 17.3. The van der Waals surface area contributed by atoms with Crippen molar-refractivity contribution in [2.75, 3.05) is 17.7 Å². The van der Waals surface area contributed by atoms with Crippen LogP contribution in [0.25, 0.3) is 0 Å². The molecule has 0 aromatic carbocycles. The summed E-state index contributed by atoms with van der Waals surface area (Å²) in [7, 11) is 1.00. The second kappa shape index (κ2) is 18.0. The van der Waals surface area contributed by atoms with Gasteiger partial charge in [-0.3, -0.25) is 24.0 Å². The summed E-state index contributed by atoms with van der Waals surface area (Å²) in [6.07, 6.45) is -0.171. The molecule has 4 rings (SSSR count). The Morgan fingerprint density at radius 2 is 1.06 bits per heavy atom. The Labute approximate surface area is 353 Å². The number of nitrogens with one attached hydrogen (secondary N) is 2. The van der Waals surface area contributed by atoms with Gasteiger partial charge in [0.2, 0.25) is 5.78 Å². The molecule has 0 fully saturated rings. The van der Waals surface area contributed by atoms with E-state index in [1.807, 2.05) is 55.4 Å². The van der Waals surface area contributed by atoms with Gasteiger partial charge in [0.05, 0.1) is 33.5 Å². The Bertz CT molecular complexity index is 1740. The molecule has 0 saturated heterocycles. The molecule has 2 aliphatic rings. The number of Topliss-reactive ketones (excluding diaryl/α,β-unsaturated/α-hetero) is 1. The minimum Gasteiger partial charge on any atom is -1.00 e. The molecule has 297 valence electrons. The van der Waals surface area contributed by atoms with Crippen LogP contribution in [0.3, 0.4) is 0 Å². The van der Waals surface area contributed by atoms with Crippen molar-refractivity contribution in [2.24, 2.45) is 22.3 Å². The van der Waals surface area contributed by atoms with Crippen LogP contribution in [-0.4, -0.2) is 72.5 Å². The number of aliphatic hydroxyl groups is 2. The summed E-state index contributed by atoms with van der Waals surface area (Å²) in [6, 6.07) is 0. The third-order valence-corrected chi connectivity index (χ3v) is 11.2. The number of amides is 4. The van der Waals surface area contributed by atoms with Crippen LogP contribution >= 0.6 is 22.7 Å². The Morgan fingerprint density at radius 3 is 1.35 bits per heavy atom. The first-order chi connectivity index (χ1) is 23.3. The number of ketones is 1. The number of carbonyl (C=O) groups is 5. The van der Waals surface area contributed by atoms with Gasteiger partial charge in [-0.1, -0.05) is 41.5 Å². The first kappa shape index (κ1) is 51.9. The summed E-state index contributed by atoms with van der Waals surface area (Å²) in [5.41, 5.74) is 9.84. The monoisotopic (exact) mass is 801 g/mol. The number of rotatable bonds is 6. The maximum atomic E-state index is 12.4. The van der Waals surface area contributed by atoms with E-state index in [1.165, 1.54) is 22.7 Å². The molecule has 8 N–H and O–H groups in total. The normalized spacial score (nSPS) is 17.8. The van der Waals surface area contributed by atoms with Gasteiger partial charge in [-0.2, -0.15) is 0 Å². The SMILES string of the molecule is CC1(C)Cc2c(sc(NC(=O)C(=O)C(C)(C)C)c2C(N)=O)C(C)(C)O1.CC1(C)Cc2c(sc(NC(=O)C(O)C(C)(C)C)c2C(N)=O)C(C)(C)O1.CO.[B].[H-].[Na+]. The van der Waals surface area contributed by atoms with Crippen molar-refractivity contribution in [2.45, 2.75) is 138 Å². The molecule has 4 heterocycles. The Hall–Kier alpha value is -2.15. The van der Waals surface area contributed by atoms with Crippen LogP contribution in [0.1, 0.15) is 140 Å². The van der Waals surface area contributed by atoms with Gasteiger partial charge in [0.15, 0.2) is 0 Å². The van der Waals surface area contributed by atoms with Crippen molar-refractivity contribution in [3.8, 4) is 0 Å². The van der Waals surface area contributed by atoms with Crippen LogP contribution in [0, 0.1) is 10.8 Å². The Morgan fingerprint density at radius 1 is 0.722 bits per heavy atom. The number of thiophene rings is 2. The quantitative estimate of drug-likeness (QED) is 0.186. The predicted octanol–water partition coefficient (Wildman–Crippen LogP) is 2.11. The van der Waals surface area contributed by atoms with Crippen LogP contribution < -0.4 is 51.7 Å². The first-order valence-corrected chi connectivity index (χ1v) is 18.6. The van der Waals surface area contributed by atoms with Crippen LogP contribution in [-0.2, 0) is 47.9 Å². The minimum atomic E-state index is -1.20. The van der Waals surface area contributed by atoms with Crippen LogP contribution in [0.2, 0.25) is 0 Å². The Kier molecular flexibility index (Phi) is 17.3. The summed E-state index contributed by atoms with van der Waals surface area (Å²) in [5.74, 6) is -3.06. The van der Waals surface area contributed by atoms with E-state index in [4.69, 9.17) is 26.0 Å². The molecule has 13 nitrogen and oxygen atoms in total. The average molecular weight is 802 g/mol. The largest absolute Gasteiger partial charge is 1.00 e. The number of anilines is 2. The second-order valence-corrected chi connectivity index (χ2v) is 19.4. The molecule has 4 amide bonds. The zero-order chi connectivity index (χ0) is 40.7. The van der Waals surface area contributed by atoms with E-state index < -0.39 is 68.8 Å². The van der Waals surface area contributed by atoms with E-state index in [1.54, 1.807) is 41.5 Å². The minimum absolute atomic E-state index is 0. The number of nitrogens with two attached hydrogens (primary N) is 2. The summed E-state index contributed by atoms with van der Waals surface area (Å²) in [4.78, 5) is 62.8. The maximum absolute atomic E-state index is 12.4. The number of hydrogen-bond donors (Lipinski definition) is 6. The first-order valence-electron chi connectivity index (χ1n) is 16.9. The van der Waals surface area contributed by atoms with E-state index in [-0.39, 0.29) is 45.0 Å². The fourth-order valence-corrected chi connectivity index (χ4v) is 8.93. The molecule has 54 heavy (non-hydrogen) atoms. The molecule has 2 aromatic heterocycles. The number of fused-ring (bicyclic) bond motifs is 2. The third kappa shape index (κ3) is 11.9. The molecule has 2 aliphatic heterocycles. The number of aliphatic hydroxyl groups excluding tert-OH is 2. The van der Waals surface area contributed by atoms with Crippen molar-refractivity contribution in [1.29, 1.82) is 0 Å². The van der Waals surface area contributed by atoms with Gasteiger partial charge in [0.25, 0.3) is 23.6 Å². The van der Waals surface area contributed by atoms with Gasteiger partial charge in [-0.05, 0) is 71.9 Å². The van der Waals surface area contributed by atoms with Crippen molar-refractivity contribution in [3.05, 3.63) is 32.0 Å². The van der Waals surface area contributed by atoms with E-state index in [9.17, 15) is 29.1 Å². The third-order valence-electron chi connectivity index (χ3n) is 8.29. The van der Waals surface area contributed by atoms with Crippen molar-refractivity contribution >= 4 is 70.5 Å². The number of carbonyl (C=O) groups excluding carboxylic acids is 5.